The van der Waals surface area contributed by atoms with E-state index >= 15 is 0 Å². The van der Waals surface area contributed by atoms with Crippen LogP contribution in [0.3, 0.4) is 0 Å². The number of aliphatic hydroxyl groups excluding tert-OH is 1. The van der Waals surface area contributed by atoms with Crippen LogP contribution in [0.1, 0.15) is 37.8 Å². The Morgan fingerprint density at radius 2 is 2.15 bits per heavy atom. The monoisotopic (exact) mass is 275 g/mol. The molecule has 0 spiro atoms. The summed E-state index contributed by atoms with van der Waals surface area (Å²) in [5, 5.41) is 8.65. The second kappa shape index (κ2) is 6.88. The maximum absolute atomic E-state index is 14.1. The Labute approximate surface area is 120 Å². The molecule has 108 valence electrons. The molecule has 20 heavy (non-hydrogen) atoms. The van der Waals surface area contributed by atoms with E-state index in [0.717, 1.165) is 12.5 Å². The van der Waals surface area contributed by atoms with Gasteiger partial charge in [0.25, 0.3) is 0 Å². The Morgan fingerprint density at radius 1 is 1.40 bits per heavy atom. The van der Waals surface area contributed by atoms with Crippen molar-refractivity contribution in [2.24, 2.45) is 5.92 Å². The molecule has 1 aromatic rings. The molecular weight excluding hydrogens is 253 g/mol. The van der Waals surface area contributed by atoms with Crippen molar-refractivity contribution in [2.75, 3.05) is 13.2 Å². The molecule has 1 fully saturated rings. The first kappa shape index (κ1) is 15.0. The lowest BCUT2D eigenvalue weighted by Gasteiger charge is -2.26. The van der Waals surface area contributed by atoms with Gasteiger partial charge in [0.1, 0.15) is 12.4 Å². The van der Waals surface area contributed by atoms with Gasteiger partial charge in [0, 0.05) is 30.3 Å². The highest BCUT2D eigenvalue weighted by molar-refractivity contribution is 5.37. The van der Waals surface area contributed by atoms with Crippen molar-refractivity contribution < 1.29 is 9.50 Å². The van der Waals surface area contributed by atoms with E-state index in [0.29, 0.717) is 23.7 Å². The summed E-state index contributed by atoms with van der Waals surface area (Å²) in [6, 6.07) is 5.49. The minimum atomic E-state index is -0.212. The van der Waals surface area contributed by atoms with Crippen LogP contribution >= 0.6 is 0 Å². The summed E-state index contributed by atoms with van der Waals surface area (Å²) < 4.78 is 14.1. The smallest absolute Gasteiger partial charge is 0.128 e. The molecule has 0 unspecified atom stereocenters. The zero-order valence-corrected chi connectivity index (χ0v) is 12.2. The molecule has 0 radical (unpaired) electrons. The Bertz CT molecular complexity index is 511. The lowest BCUT2D eigenvalue weighted by molar-refractivity contribution is 0.201. The van der Waals surface area contributed by atoms with Crippen LogP contribution in [0.15, 0.2) is 18.2 Å². The van der Waals surface area contributed by atoms with E-state index in [1.807, 2.05) is 6.07 Å². The van der Waals surface area contributed by atoms with Gasteiger partial charge >= 0.3 is 0 Å². The fourth-order valence-electron chi connectivity index (χ4n) is 2.20. The second-order valence-corrected chi connectivity index (χ2v) is 5.73. The number of rotatable bonds is 5. The molecule has 2 nitrogen and oxygen atoms in total. The number of nitrogens with zero attached hydrogens (tertiary/aromatic N) is 1. The second-order valence-electron chi connectivity index (χ2n) is 5.73. The maximum Gasteiger partial charge on any atom is 0.128 e. The van der Waals surface area contributed by atoms with Crippen molar-refractivity contribution in [1.82, 2.24) is 4.90 Å². The van der Waals surface area contributed by atoms with Crippen LogP contribution in [0, 0.1) is 23.6 Å². The summed E-state index contributed by atoms with van der Waals surface area (Å²) in [6.45, 7) is 5.81. The zero-order valence-electron chi connectivity index (χ0n) is 12.2. The van der Waals surface area contributed by atoms with Crippen molar-refractivity contribution in [1.29, 1.82) is 0 Å². The highest BCUT2D eigenvalue weighted by atomic mass is 19.1. The van der Waals surface area contributed by atoms with E-state index in [1.165, 1.54) is 18.9 Å². The van der Waals surface area contributed by atoms with Gasteiger partial charge in [-0.1, -0.05) is 17.9 Å². The van der Waals surface area contributed by atoms with Gasteiger partial charge in [0.15, 0.2) is 0 Å². The average molecular weight is 275 g/mol. The lowest BCUT2D eigenvalue weighted by Crippen LogP contribution is -2.32. The highest BCUT2D eigenvalue weighted by Crippen LogP contribution is 2.31. The molecule has 0 saturated heterocycles. The number of benzene rings is 1. The standard InChI is InChI=1S/C17H22FNO/c1-13(2)19(11-15-5-6-15)12-16-8-7-14(4-3-9-20)10-17(16)18/h7-8,10,13,15,20H,5-6,9,11-12H2,1-2H3. The van der Waals surface area contributed by atoms with Crippen molar-refractivity contribution in [3.63, 3.8) is 0 Å². The molecule has 1 aromatic carbocycles. The molecule has 0 aromatic heterocycles. The molecule has 0 bridgehead atoms. The summed E-state index contributed by atoms with van der Waals surface area (Å²) in [5.41, 5.74) is 1.33. The van der Waals surface area contributed by atoms with Crippen molar-refractivity contribution in [3.05, 3.63) is 35.1 Å². The quantitative estimate of drug-likeness (QED) is 0.835. The molecule has 0 amide bonds. The van der Waals surface area contributed by atoms with Crippen LogP contribution in [0.2, 0.25) is 0 Å². The SMILES string of the molecule is CC(C)N(Cc1ccc(C#CCO)cc1F)CC1CC1. The summed E-state index contributed by atoms with van der Waals surface area (Å²) in [5.74, 6) is 5.85. The summed E-state index contributed by atoms with van der Waals surface area (Å²) >= 11 is 0. The summed E-state index contributed by atoms with van der Waals surface area (Å²) in [4.78, 5) is 2.33. The van der Waals surface area contributed by atoms with Gasteiger partial charge in [-0.2, -0.15) is 0 Å². The van der Waals surface area contributed by atoms with E-state index < -0.39 is 0 Å². The van der Waals surface area contributed by atoms with Crippen molar-refractivity contribution in [3.8, 4) is 11.8 Å². The summed E-state index contributed by atoms with van der Waals surface area (Å²) in [6.07, 6.45) is 2.61. The molecule has 1 N–H and O–H groups in total. The minimum absolute atomic E-state index is 0.202. The van der Waals surface area contributed by atoms with Crippen LogP contribution in [0.5, 0.6) is 0 Å². The molecule has 0 aliphatic heterocycles. The van der Waals surface area contributed by atoms with Crippen LogP contribution in [0.4, 0.5) is 4.39 Å². The maximum atomic E-state index is 14.1. The first-order chi connectivity index (χ1) is 9.60. The predicted octanol–water partition coefficient (Wildman–Crippen LogP) is 2.79. The van der Waals surface area contributed by atoms with Gasteiger partial charge in [0.2, 0.25) is 0 Å². The Morgan fingerprint density at radius 3 is 2.70 bits per heavy atom. The first-order valence-corrected chi connectivity index (χ1v) is 7.22. The van der Waals surface area contributed by atoms with E-state index in [9.17, 15) is 4.39 Å². The summed E-state index contributed by atoms with van der Waals surface area (Å²) in [7, 11) is 0. The Hall–Kier alpha value is -1.37. The normalized spacial score (nSPS) is 14.5. The fourth-order valence-corrected chi connectivity index (χ4v) is 2.20. The van der Waals surface area contributed by atoms with E-state index in [1.54, 1.807) is 6.07 Å². The molecule has 0 atom stereocenters. The van der Waals surface area contributed by atoms with Crippen molar-refractivity contribution >= 4 is 0 Å². The average Bonchev–Trinajstić information content (AvgIpc) is 3.22. The molecule has 2 rings (SSSR count). The molecule has 1 saturated carbocycles. The largest absolute Gasteiger partial charge is 0.384 e. The van der Waals surface area contributed by atoms with Gasteiger partial charge in [-0.15, -0.1) is 0 Å². The third-order valence-electron chi connectivity index (χ3n) is 3.66. The van der Waals surface area contributed by atoms with Gasteiger partial charge in [-0.05, 0) is 44.7 Å². The molecule has 1 aliphatic carbocycles. The minimum Gasteiger partial charge on any atom is -0.384 e. The Balaban J connectivity index is 2.07. The van der Waals surface area contributed by atoms with Gasteiger partial charge in [-0.3, -0.25) is 4.90 Å². The fraction of sp³-hybridized carbons (Fsp3) is 0.529. The molecule has 3 heteroatoms. The topological polar surface area (TPSA) is 23.5 Å². The van der Waals surface area contributed by atoms with E-state index in [4.69, 9.17) is 5.11 Å². The first-order valence-electron chi connectivity index (χ1n) is 7.22. The number of aliphatic hydroxyl groups is 1. The zero-order chi connectivity index (χ0) is 14.5. The van der Waals surface area contributed by atoms with E-state index in [2.05, 4.69) is 30.6 Å². The number of hydrogen-bond acceptors (Lipinski definition) is 2. The molecule has 1 aliphatic rings. The third-order valence-corrected chi connectivity index (χ3v) is 3.66. The highest BCUT2D eigenvalue weighted by Gasteiger charge is 2.25. The van der Waals surface area contributed by atoms with E-state index in [-0.39, 0.29) is 12.4 Å². The van der Waals surface area contributed by atoms with Crippen LogP contribution in [-0.2, 0) is 6.54 Å². The van der Waals surface area contributed by atoms with Crippen LogP contribution in [0.25, 0.3) is 0 Å². The van der Waals surface area contributed by atoms with Crippen molar-refractivity contribution in [2.45, 2.75) is 39.3 Å². The van der Waals surface area contributed by atoms with Gasteiger partial charge in [-0.25, -0.2) is 4.39 Å². The Kier molecular flexibility index (Phi) is 5.17. The van der Waals surface area contributed by atoms with Gasteiger partial charge in [0.05, 0.1) is 0 Å². The van der Waals surface area contributed by atoms with Gasteiger partial charge < -0.3 is 5.11 Å². The third kappa shape index (κ3) is 4.33. The number of hydrogen-bond donors (Lipinski definition) is 1. The molecular formula is C17H22FNO. The predicted molar refractivity (Wildman–Crippen MR) is 78.6 cm³/mol. The van der Waals surface area contributed by atoms with Crippen LogP contribution < -0.4 is 0 Å². The molecule has 0 heterocycles. The van der Waals surface area contributed by atoms with Crippen LogP contribution in [-0.4, -0.2) is 29.2 Å². The lowest BCUT2D eigenvalue weighted by atomic mass is 10.1. The number of halogens is 1.